The monoisotopic (exact) mass is 224 g/mol. The van der Waals surface area contributed by atoms with Crippen LogP contribution in [0.3, 0.4) is 0 Å². The fourth-order valence-corrected chi connectivity index (χ4v) is 1.47. The number of alkyl halides is 1. The van der Waals surface area contributed by atoms with E-state index in [9.17, 15) is 9.18 Å². The van der Waals surface area contributed by atoms with Crippen LogP contribution in [0.15, 0.2) is 30.3 Å². The minimum atomic E-state index is -0.507. The van der Waals surface area contributed by atoms with E-state index in [1.807, 2.05) is 30.3 Å². The van der Waals surface area contributed by atoms with E-state index in [1.165, 1.54) is 6.92 Å². The summed E-state index contributed by atoms with van der Waals surface area (Å²) in [5, 5.41) is 0. The summed E-state index contributed by atoms with van der Waals surface area (Å²) in [6, 6.07) is 9.22. The minimum absolute atomic E-state index is 0.0990. The number of hydrogen-bond donors (Lipinski definition) is 1. The standard InChI is InChI=1S/C12H17FN2O/c1-10(16)15(9-11(7-13)8-14)12-5-3-2-4-6-12/h2-6,11H,7-9,14H2,1H3. The second kappa shape index (κ2) is 6.23. The van der Waals surface area contributed by atoms with Gasteiger partial charge in [-0.15, -0.1) is 0 Å². The molecule has 0 heterocycles. The molecule has 0 saturated carbocycles. The number of hydrogen-bond acceptors (Lipinski definition) is 2. The van der Waals surface area contributed by atoms with Gasteiger partial charge in [-0.05, 0) is 18.7 Å². The Morgan fingerprint density at radius 3 is 2.50 bits per heavy atom. The molecule has 0 aromatic heterocycles. The van der Waals surface area contributed by atoms with Gasteiger partial charge in [0.05, 0.1) is 6.67 Å². The highest BCUT2D eigenvalue weighted by Gasteiger charge is 2.16. The van der Waals surface area contributed by atoms with Crippen molar-refractivity contribution < 1.29 is 9.18 Å². The smallest absolute Gasteiger partial charge is 0.223 e. The third-order valence-corrected chi connectivity index (χ3v) is 2.44. The lowest BCUT2D eigenvalue weighted by Crippen LogP contribution is -2.37. The molecule has 0 aliphatic heterocycles. The van der Waals surface area contributed by atoms with E-state index < -0.39 is 6.67 Å². The summed E-state index contributed by atoms with van der Waals surface area (Å²) < 4.78 is 12.6. The Morgan fingerprint density at radius 1 is 1.44 bits per heavy atom. The van der Waals surface area contributed by atoms with Crippen molar-refractivity contribution in [2.24, 2.45) is 11.7 Å². The summed E-state index contributed by atoms with van der Waals surface area (Å²) in [5.41, 5.74) is 6.21. The van der Waals surface area contributed by atoms with Crippen molar-refractivity contribution in [3.8, 4) is 0 Å². The maximum Gasteiger partial charge on any atom is 0.223 e. The van der Waals surface area contributed by atoms with Gasteiger partial charge in [-0.25, -0.2) is 0 Å². The molecule has 0 aliphatic carbocycles. The van der Waals surface area contributed by atoms with Crippen molar-refractivity contribution in [1.29, 1.82) is 0 Å². The Hall–Kier alpha value is -1.42. The lowest BCUT2D eigenvalue weighted by atomic mass is 10.1. The molecular formula is C12H17FN2O. The molecule has 0 bridgehead atoms. The van der Waals surface area contributed by atoms with E-state index >= 15 is 0 Å². The first-order valence-electron chi connectivity index (χ1n) is 5.28. The van der Waals surface area contributed by atoms with E-state index in [0.717, 1.165) is 5.69 Å². The minimum Gasteiger partial charge on any atom is -0.330 e. The number of amides is 1. The molecule has 0 spiro atoms. The van der Waals surface area contributed by atoms with Gasteiger partial charge in [0.1, 0.15) is 0 Å². The lowest BCUT2D eigenvalue weighted by Gasteiger charge is -2.24. The number of nitrogens with zero attached hydrogens (tertiary/aromatic N) is 1. The maximum atomic E-state index is 12.6. The van der Waals surface area contributed by atoms with Gasteiger partial charge >= 0.3 is 0 Å². The number of halogens is 1. The zero-order valence-corrected chi connectivity index (χ0v) is 9.40. The zero-order valence-electron chi connectivity index (χ0n) is 9.40. The third-order valence-electron chi connectivity index (χ3n) is 2.44. The van der Waals surface area contributed by atoms with E-state index in [2.05, 4.69) is 0 Å². The summed E-state index contributed by atoms with van der Waals surface area (Å²) in [7, 11) is 0. The summed E-state index contributed by atoms with van der Waals surface area (Å²) >= 11 is 0. The van der Waals surface area contributed by atoms with Crippen LogP contribution in [0.4, 0.5) is 10.1 Å². The molecule has 2 N–H and O–H groups in total. The molecule has 4 heteroatoms. The van der Waals surface area contributed by atoms with E-state index in [4.69, 9.17) is 5.73 Å². The molecule has 3 nitrogen and oxygen atoms in total. The third kappa shape index (κ3) is 3.31. The Kier molecular flexibility index (Phi) is 4.92. The maximum absolute atomic E-state index is 12.6. The van der Waals surface area contributed by atoms with Crippen LogP contribution in [0.1, 0.15) is 6.92 Å². The molecule has 1 rings (SSSR count). The topological polar surface area (TPSA) is 46.3 Å². The quantitative estimate of drug-likeness (QED) is 0.825. The van der Waals surface area contributed by atoms with Gasteiger partial charge in [-0.2, -0.15) is 0 Å². The van der Waals surface area contributed by atoms with Crippen molar-refractivity contribution in [3.05, 3.63) is 30.3 Å². The van der Waals surface area contributed by atoms with Crippen LogP contribution in [0.2, 0.25) is 0 Å². The molecule has 0 fully saturated rings. The van der Waals surface area contributed by atoms with Crippen molar-refractivity contribution >= 4 is 11.6 Å². The van der Waals surface area contributed by atoms with Gasteiger partial charge in [0, 0.05) is 25.1 Å². The van der Waals surface area contributed by atoms with E-state index in [0.29, 0.717) is 6.54 Å². The molecule has 1 aromatic rings. The van der Waals surface area contributed by atoms with Crippen molar-refractivity contribution in [1.82, 2.24) is 0 Å². The van der Waals surface area contributed by atoms with Crippen LogP contribution in [0.5, 0.6) is 0 Å². The van der Waals surface area contributed by atoms with Gasteiger partial charge in [0.15, 0.2) is 0 Å². The zero-order chi connectivity index (χ0) is 12.0. The highest BCUT2D eigenvalue weighted by Crippen LogP contribution is 2.15. The Bertz CT molecular complexity index is 325. The average molecular weight is 224 g/mol. The van der Waals surface area contributed by atoms with Crippen LogP contribution in [0.25, 0.3) is 0 Å². The summed E-state index contributed by atoms with van der Waals surface area (Å²) in [4.78, 5) is 13.0. The largest absolute Gasteiger partial charge is 0.330 e. The van der Waals surface area contributed by atoms with Crippen LogP contribution in [-0.2, 0) is 4.79 Å². The predicted molar refractivity (Wildman–Crippen MR) is 63.0 cm³/mol. The van der Waals surface area contributed by atoms with E-state index in [1.54, 1.807) is 4.90 Å². The second-order valence-corrected chi connectivity index (χ2v) is 3.72. The molecular weight excluding hydrogens is 207 g/mol. The number of benzene rings is 1. The summed E-state index contributed by atoms with van der Waals surface area (Å²) in [6.07, 6.45) is 0. The van der Waals surface area contributed by atoms with Gasteiger partial charge < -0.3 is 10.6 Å². The molecule has 1 amide bonds. The van der Waals surface area contributed by atoms with Gasteiger partial charge in [-0.3, -0.25) is 9.18 Å². The fraction of sp³-hybridized carbons (Fsp3) is 0.417. The fourth-order valence-electron chi connectivity index (χ4n) is 1.47. The van der Waals surface area contributed by atoms with Gasteiger partial charge in [0.2, 0.25) is 5.91 Å². The number of nitrogens with two attached hydrogens (primary N) is 1. The van der Waals surface area contributed by atoms with Crippen LogP contribution in [-0.4, -0.2) is 25.7 Å². The molecule has 1 unspecified atom stereocenters. The van der Waals surface area contributed by atoms with Crippen molar-refractivity contribution in [3.63, 3.8) is 0 Å². The SMILES string of the molecule is CC(=O)N(CC(CN)CF)c1ccccc1. The Balaban J connectivity index is 2.80. The molecule has 88 valence electrons. The first kappa shape index (κ1) is 12.6. The van der Waals surface area contributed by atoms with Crippen molar-refractivity contribution in [2.45, 2.75) is 6.92 Å². The Labute approximate surface area is 95.0 Å². The average Bonchev–Trinajstić information content (AvgIpc) is 2.31. The van der Waals surface area contributed by atoms with Crippen LogP contribution < -0.4 is 10.6 Å². The number of carbonyl (C=O) groups excluding carboxylic acids is 1. The molecule has 0 aliphatic rings. The van der Waals surface area contributed by atoms with Gasteiger partial charge in [0.25, 0.3) is 0 Å². The number of para-hydroxylation sites is 1. The first-order valence-corrected chi connectivity index (χ1v) is 5.28. The van der Waals surface area contributed by atoms with Gasteiger partial charge in [-0.1, -0.05) is 18.2 Å². The normalized spacial score (nSPS) is 12.2. The van der Waals surface area contributed by atoms with E-state index in [-0.39, 0.29) is 18.4 Å². The second-order valence-electron chi connectivity index (χ2n) is 3.72. The molecule has 1 aromatic carbocycles. The molecule has 0 saturated heterocycles. The predicted octanol–water partition coefficient (Wildman–Crippen LogP) is 1.58. The molecule has 1 atom stereocenters. The first-order chi connectivity index (χ1) is 7.69. The Morgan fingerprint density at radius 2 is 2.06 bits per heavy atom. The highest BCUT2D eigenvalue weighted by atomic mass is 19.1. The number of carbonyl (C=O) groups is 1. The summed E-state index contributed by atoms with van der Waals surface area (Å²) in [6.45, 7) is 1.53. The van der Waals surface area contributed by atoms with Crippen molar-refractivity contribution in [2.75, 3.05) is 24.7 Å². The lowest BCUT2D eigenvalue weighted by molar-refractivity contribution is -0.116. The number of anilines is 1. The molecule has 0 radical (unpaired) electrons. The highest BCUT2D eigenvalue weighted by molar-refractivity contribution is 5.91. The van der Waals surface area contributed by atoms with Crippen LogP contribution in [0, 0.1) is 5.92 Å². The summed E-state index contributed by atoms with van der Waals surface area (Å²) in [5.74, 6) is -0.401. The number of rotatable bonds is 5. The van der Waals surface area contributed by atoms with Crippen LogP contribution >= 0.6 is 0 Å². The molecule has 16 heavy (non-hydrogen) atoms.